The Morgan fingerprint density at radius 3 is 1.88 bits per heavy atom. The van der Waals surface area contributed by atoms with Gasteiger partial charge in [-0.2, -0.15) is 0 Å². The van der Waals surface area contributed by atoms with Crippen molar-refractivity contribution in [1.29, 1.82) is 0 Å². The molecule has 0 saturated heterocycles. The predicted molar refractivity (Wildman–Crippen MR) is 68.5 cm³/mol. The van der Waals surface area contributed by atoms with Gasteiger partial charge in [-0.15, -0.1) is 0 Å². The van der Waals surface area contributed by atoms with Gasteiger partial charge in [0, 0.05) is 0 Å². The molecule has 0 bridgehead atoms. The van der Waals surface area contributed by atoms with Gasteiger partial charge in [-0.05, 0) is 11.8 Å². The summed E-state index contributed by atoms with van der Waals surface area (Å²) in [4.78, 5) is 21.8. The molecule has 4 nitrogen and oxygen atoms in total. The fraction of sp³-hybridized carbons (Fsp3) is 0.833. The molecule has 0 aromatic carbocycles. The number of hydrogen-bond donors (Lipinski definition) is 2. The molecule has 0 aliphatic heterocycles. The summed E-state index contributed by atoms with van der Waals surface area (Å²) in [5.41, 5.74) is -0.689. The molecule has 0 unspecified atom stereocenters. The van der Waals surface area contributed by atoms with Crippen molar-refractivity contribution in [1.82, 2.24) is 0 Å². The van der Waals surface area contributed by atoms with Crippen LogP contribution in [0.2, 0.25) is 0 Å². The summed E-state index contributed by atoms with van der Waals surface area (Å²) in [6, 6.07) is 0. The van der Waals surface area contributed by atoms with E-state index in [1.165, 1.54) is 0 Å². The minimum atomic E-state index is -1.31. The van der Waals surface area contributed by atoms with Gasteiger partial charge in [0.25, 0.3) is 0 Å². The zero-order valence-corrected chi connectivity index (χ0v) is 10.3. The summed E-state index contributed by atoms with van der Waals surface area (Å²) in [5, 5.41) is 17.8. The maximum absolute atomic E-state index is 10.9. The normalized spacial score (nSPS) is 11.1. The van der Waals surface area contributed by atoms with E-state index in [0.717, 1.165) is 25.7 Å². The molecule has 0 saturated carbocycles. The third kappa shape index (κ3) is 7.06. The summed E-state index contributed by atoms with van der Waals surface area (Å²) in [5.74, 6) is -3.80. The third-order valence-corrected chi connectivity index (χ3v) is 2.95. The molecule has 2 N–H and O–H groups in total. The average molecular weight is 254 g/mol. The predicted octanol–water partition coefficient (Wildman–Crippen LogP) is 2.12. The molecule has 0 fully saturated rings. The van der Waals surface area contributed by atoms with Gasteiger partial charge < -0.3 is 10.2 Å². The van der Waals surface area contributed by atoms with E-state index < -0.39 is 23.3 Å². The Kier molecular flexibility index (Phi) is 10.2. The second kappa shape index (κ2) is 8.95. The van der Waals surface area contributed by atoms with E-state index in [1.807, 2.05) is 0 Å². The summed E-state index contributed by atoms with van der Waals surface area (Å²) in [7, 11) is 0. The van der Waals surface area contributed by atoms with Crippen LogP contribution in [0.1, 0.15) is 52.9 Å². The number of carboxylic acids is 2. The molecule has 0 aromatic heterocycles. The second-order valence-corrected chi connectivity index (χ2v) is 4.91. The monoisotopic (exact) mass is 254 g/mol. The Morgan fingerprint density at radius 1 is 1.06 bits per heavy atom. The molecule has 0 aromatic rings. The number of unbranched alkanes of at least 4 members (excludes halogenated alkanes) is 3. The summed E-state index contributed by atoms with van der Waals surface area (Å²) < 4.78 is 0. The molecule has 0 rings (SSSR count). The van der Waals surface area contributed by atoms with Crippen molar-refractivity contribution in [3.05, 3.63) is 0 Å². The van der Waals surface area contributed by atoms with Gasteiger partial charge in [0.2, 0.25) is 0 Å². The number of rotatable bonds is 8. The van der Waals surface area contributed by atoms with E-state index >= 15 is 0 Å². The SMILES string of the molecule is CCCCCCC(C)(C)C(C(=O)O)C(=O)O.[NaH]. The van der Waals surface area contributed by atoms with E-state index in [0.29, 0.717) is 6.42 Å². The Labute approximate surface area is 125 Å². The maximum atomic E-state index is 10.9. The molecule has 0 atom stereocenters. The average Bonchev–Trinajstić information content (AvgIpc) is 2.10. The van der Waals surface area contributed by atoms with Crippen LogP contribution in [0.3, 0.4) is 0 Å². The van der Waals surface area contributed by atoms with Gasteiger partial charge in [-0.3, -0.25) is 9.59 Å². The number of hydrogen-bond acceptors (Lipinski definition) is 2. The molecule has 0 heterocycles. The third-order valence-electron chi connectivity index (χ3n) is 2.95. The van der Waals surface area contributed by atoms with Crippen LogP contribution >= 0.6 is 0 Å². The van der Waals surface area contributed by atoms with Crippen molar-refractivity contribution in [3.63, 3.8) is 0 Å². The van der Waals surface area contributed by atoms with Crippen LogP contribution in [0.25, 0.3) is 0 Å². The van der Waals surface area contributed by atoms with Crippen LogP contribution in [0.4, 0.5) is 0 Å². The van der Waals surface area contributed by atoms with Crippen LogP contribution < -0.4 is 0 Å². The summed E-state index contributed by atoms with van der Waals surface area (Å²) in [6.07, 6.45) is 4.78. The van der Waals surface area contributed by atoms with Crippen molar-refractivity contribution in [2.24, 2.45) is 11.3 Å². The van der Waals surface area contributed by atoms with Crippen LogP contribution in [-0.4, -0.2) is 51.7 Å². The first-order valence-electron chi connectivity index (χ1n) is 5.78. The first-order valence-corrected chi connectivity index (χ1v) is 5.78. The minimum absolute atomic E-state index is 0. The molecule has 0 radical (unpaired) electrons. The first kappa shape index (κ1) is 19.3. The quantitative estimate of drug-likeness (QED) is 0.395. The Morgan fingerprint density at radius 2 is 1.53 bits per heavy atom. The van der Waals surface area contributed by atoms with Gasteiger partial charge in [0.15, 0.2) is 5.92 Å². The number of carbonyl (C=O) groups is 2. The zero-order valence-electron chi connectivity index (χ0n) is 10.3. The molecule has 17 heavy (non-hydrogen) atoms. The van der Waals surface area contributed by atoms with Crippen molar-refractivity contribution in [2.75, 3.05) is 0 Å². The first-order chi connectivity index (χ1) is 7.33. The molecule has 0 amide bonds. The molecule has 0 spiro atoms. The number of aliphatic carboxylic acids is 2. The van der Waals surface area contributed by atoms with E-state index in [2.05, 4.69) is 6.92 Å². The van der Waals surface area contributed by atoms with Crippen molar-refractivity contribution in [3.8, 4) is 0 Å². The van der Waals surface area contributed by atoms with E-state index in [1.54, 1.807) is 13.8 Å². The van der Waals surface area contributed by atoms with Gasteiger partial charge in [0.05, 0.1) is 0 Å². The fourth-order valence-corrected chi connectivity index (χ4v) is 1.93. The van der Waals surface area contributed by atoms with Crippen LogP contribution in [0.15, 0.2) is 0 Å². The Hall–Kier alpha value is -0.0600. The van der Waals surface area contributed by atoms with E-state index in [-0.39, 0.29) is 29.6 Å². The van der Waals surface area contributed by atoms with Gasteiger partial charge in [-0.1, -0.05) is 46.5 Å². The second-order valence-electron chi connectivity index (χ2n) is 4.91. The Balaban J connectivity index is 0. The van der Waals surface area contributed by atoms with Gasteiger partial charge in [0.1, 0.15) is 0 Å². The summed E-state index contributed by atoms with van der Waals surface area (Å²) in [6.45, 7) is 5.53. The fourth-order valence-electron chi connectivity index (χ4n) is 1.93. The van der Waals surface area contributed by atoms with Crippen molar-refractivity contribution < 1.29 is 19.8 Å². The van der Waals surface area contributed by atoms with Gasteiger partial charge in [-0.25, -0.2) is 0 Å². The van der Waals surface area contributed by atoms with Crippen molar-refractivity contribution in [2.45, 2.75) is 52.9 Å². The topological polar surface area (TPSA) is 74.6 Å². The molecular weight excluding hydrogens is 231 g/mol. The standard InChI is InChI=1S/C12H22O4.Na.H/c1-4-5-6-7-8-12(2,3)9(10(13)14)11(15)16;;/h9H,4-8H2,1-3H3,(H,13,14)(H,15,16);;. The molecule has 5 heteroatoms. The molecule has 96 valence electrons. The zero-order chi connectivity index (χ0) is 12.8. The molecule has 0 aliphatic carbocycles. The van der Waals surface area contributed by atoms with Crippen molar-refractivity contribution >= 4 is 41.5 Å². The van der Waals surface area contributed by atoms with Crippen LogP contribution in [0.5, 0.6) is 0 Å². The van der Waals surface area contributed by atoms with E-state index in [9.17, 15) is 9.59 Å². The van der Waals surface area contributed by atoms with Gasteiger partial charge >= 0.3 is 41.5 Å². The molecule has 0 aliphatic rings. The Bertz CT molecular complexity index is 237. The summed E-state index contributed by atoms with van der Waals surface area (Å²) >= 11 is 0. The number of carboxylic acid groups (broad SMARTS) is 2. The van der Waals surface area contributed by atoms with E-state index in [4.69, 9.17) is 10.2 Å². The van der Waals surface area contributed by atoms with Crippen LogP contribution in [-0.2, 0) is 9.59 Å². The van der Waals surface area contributed by atoms with Crippen LogP contribution in [0, 0.1) is 11.3 Å². The molecular formula is C12H23NaO4.